The number of nitrogens with one attached hydrogen (secondary N) is 3. The zero-order valence-electron chi connectivity index (χ0n) is 18.3. The van der Waals surface area contributed by atoms with Crippen molar-refractivity contribution in [1.29, 1.82) is 0 Å². The second-order valence-electron chi connectivity index (χ2n) is 8.11. The SMILES string of the molecule is CS(=O)(=O)Nc1ncc(CNc2ncnc(NC(c3ccc(C(F)(F)F)cc3)C3CC3)c2F)cn1. The molecule has 2 heterocycles. The Hall–Kier alpha value is -3.55. The van der Waals surface area contributed by atoms with Crippen LogP contribution in [0.4, 0.5) is 35.1 Å². The van der Waals surface area contributed by atoms with Crippen LogP contribution in [-0.4, -0.2) is 34.6 Å². The molecule has 1 aliphatic carbocycles. The Morgan fingerprint density at radius 2 is 1.66 bits per heavy atom. The number of sulfonamides is 1. The number of benzene rings is 1. The van der Waals surface area contributed by atoms with E-state index in [2.05, 4.69) is 35.3 Å². The molecule has 0 radical (unpaired) electrons. The number of aromatic nitrogens is 4. The highest BCUT2D eigenvalue weighted by molar-refractivity contribution is 7.91. The lowest BCUT2D eigenvalue weighted by atomic mass is 10.0. The minimum atomic E-state index is -4.43. The second kappa shape index (κ2) is 9.60. The molecule has 1 aliphatic rings. The van der Waals surface area contributed by atoms with Gasteiger partial charge in [-0.15, -0.1) is 0 Å². The summed E-state index contributed by atoms with van der Waals surface area (Å²) in [6.45, 7) is 0.0947. The highest BCUT2D eigenvalue weighted by Gasteiger charge is 2.35. The van der Waals surface area contributed by atoms with Gasteiger partial charge in [-0.3, -0.25) is 4.72 Å². The van der Waals surface area contributed by atoms with Gasteiger partial charge in [0.25, 0.3) is 0 Å². The van der Waals surface area contributed by atoms with Crippen molar-refractivity contribution in [3.8, 4) is 0 Å². The van der Waals surface area contributed by atoms with Crippen LogP contribution in [0.2, 0.25) is 0 Å². The molecule has 1 aromatic carbocycles. The van der Waals surface area contributed by atoms with E-state index in [-0.39, 0.29) is 30.0 Å². The Kier molecular flexibility index (Phi) is 6.74. The van der Waals surface area contributed by atoms with Crippen LogP contribution in [0.5, 0.6) is 0 Å². The van der Waals surface area contributed by atoms with E-state index in [9.17, 15) is 21.6 Å². The average Bonchev–Trinajstić information content (AvgIpc) is 3.62. The van der Waals surface area contributed by atoms with Gasteiger partial charge in [0.1, 0.15) is 6.33 Å². The fraction of sp³-hybridized carbons (Fsp3) is 0.333. The quantitative estimate of drug-likeness (QED) is 0.369. The molecule has 9 nitrogen and oxygen atoms in total. The lowest BCUT2D eigenvalue weighted by Crippen LogP contribution is -2.17. The van der Waals surface area contributed by atoms with Crippen molar-refractivity contribution in [1.82, 2.24) is 19.9 Å². The number of alkyl halides is 3. The summed E-state index contributed by atoms with van der Waals surface area (Å²) in [5, 5.41) is 5.82. The first-order chi connectivity index (χ1) is 16.5. The summed E-state index contributed by atoms with van der Waals surface area (Å²) in [5.41, 5.74) is 0.393. The van der Waals surface area contributed by atoms with Gasteiger partial charge in [0.05, 0.1) is 17.9 Å². The highest BCUT2D eigenvalue weighted by atomic mass is 32.2. The molecule has 35 heavy (non-hydrogen) atoms. The van der Waals surface area contributed by atoms with Crippen LogP contribution in [0.15, 0.2) is 43.0 Å². The molecular weight excluding hydrogens is 490 g/mol. The largest absolute Gasteiger partial charge is 0.416 e. The van der Waals surface area contributed by atoms with Crippen LogP contribution < -0.4 is 15.4 Å². The van der Waals surface area contributed by atoms with E-state index in [4.69, 9.17) is 0 Å². The molecule has 0 saturated heterocycles. The molecular formula is C21H21F4N7O2S. The molecule has 186 valence electrons. The van der Waals surface area contributed by atoms with Crippen molar-refractivity contribution in [2.24, 2.45) is 5.92 Å². The first-order valence-corrected chi connectivity index (χ1v) is 12.4. The molecule has 1 atom stereocenters. The summed E-state index contributed by atoms with van der Waals surface area (Å²) >= 11 is 0. The Morgan fingerprint density at radius 1 is 1.03 bits per heavy atom. The molecule has 3 aromatic rings. The number of rotatable bonds is 9. The minimum Gasteiger partial charge on any atom is -0.363 e. The fourth-order valence-corrected chi connectivity index (χ4v) is 3.81. The lowest BCUT2D eigenvalue weighted by molar-refractivity contribution is -0.137. The molecule has 1 unspecified atom stereocenters. The zero-order valence-corrected chi connectivity index (χ0v) is 19.2. The van der Waals surface area contributed by atoms with Gasteiger partial charge in [-0.1, -0.05) is 12.1 Å². The summed E-state index contributed by atoms with van der Waals surface area (Å²) in [6, 6.07) is 4.39. The van der Waals surface area contributed by atoms with E-state index >= 15 is 4.39 Å². The van der Waals surface area contributed by atoms with E-state index < -0.39 is 33.6 Å². The molecule has 0 spiro atoms. The number of hydrogen-bond donors (Lipinski definition) is 3. The second-order valence-corrected chi connectivity index (χ2v) is 9.86. The van der Waals surface area contributed by atoms with Crippen molar-refractivity contribution >= 4 is 27.6 Å². The molecule has 0 bridgehead atoms. The molecule has 1 fully saturated rings. The maximum absolute atomic E-state index is 15.1. The van der Waals surface area contributed by atoms with Crippen molar-refractivity contribution in [2.75, 3.05) is 21.6 Å². The maximum atomic E-state index is 15.1. The lowest BCUT2D eigenvalue weighted by Gasteiger charge is -2.21. The summed E-state index contributed by atoms with van der Waals surface area (Å²) in [6.07, 6.45) is 2.18. The van der Waals surface area contributed by atoms with Crippen LogP contribution in [0, 0.1) is 11.7 Å². The summed E-state index contributed by atoms with van der Waals surface area (Å²) in [7, 11) is -3.51. The van der Waals surface area contributed by atoms with Gasteiger partial charge in [0.15, 0.2) is 11.6 Å². The summed E-state index contributed by atoms with van der Waals surface area (Å²) < 4.78 is 78.4. The minimum absolute atomic E-state index is 0.0803. The maximum Gasteiger partial charge on any atom is 0.416 e. The van der Waals surface area contributed by atoms with Gasteiger partial charge in [-0.05, 0) is 36.5 Å². The first kappa shape index (κ1) is 24.6. The van der Waals surface area contributed by atoms with Crippen molar-refractivity contribution in [3.63, 3.8) is 0 Å². The summed E-state index contributed by atoms with van der Waals surface area (Å²) in [5.74, 6) is -0.869. The van der Waals surface area contributed by atoms with E-state index in [1.165, 1.54) is 30.9 Å². The topological polar surface area (TPSA) is 122 Å². The van der Waals surface area contributed by atoms with Crippen LogP contribution in [-0.2, 0) is 22.7 Å². The third-order valence-corrected chi connectivity index (χ3v) is 5.77. The number of anilines is 3. The molecule has 3 N–H and O–H groups in total. The molecule has 2 aromatic heterocycles. The Labute approximate surface area is 198 Å². The first-order valence-electron chi connectivity index (χ1n) is 10.5. The van der Waals surface area contributed by atoms with Crippen LogP contribution in [0.3, 0.4) is 0 Å². The van der Waals surface area contributed by atoms with Crippen LogP contribution >= 0.6 is 0 Å². The van der Waals surface area contributed by atoms with Gasteiger partial charge in [-0.2, -0.15) is 17.6 Å². The Bertz CT molecular complexity index is 1280. The van der Waals surface area contributed by atoms with E-state index in [0.29, 0.717) is 11.1 Å². The van der Waals surface area contributed by atoms with E-state index in [0.717, 1.165) is 31.2 Å². The monoisotopic (exact) mass is 511 g/mol. The van der Waals surface area contributed by atoms with Gasteiger partial charge in [0, 0.05) is 24.5 Å². The zero-order chi connectivity index (χ0) is 25.2. The molecule has 0 amide bonds. The molecule has 1 saturated carbocycles. The normalized spacial score (nSPS) is 14.9. The van der Waals surface area contributed by atoms with Crippen molar-refractivity contribution < 1.29 is 26.0 Å². The molecule has 4 rings (SSSR count). The third kappa shape index (κ3) is 6.53. The Morgan fingerprint density at radius 3 is 2.23 bits per heavy atom. The smallest absolute Gasteiger partial charge is 0.363 e. The number of nitrogens with zero attached hydrogens (tertiary/aromatic N) is 4. The van der Waals surface area contributed by atoms with Gasteiger partial charge in [-0.25, -0.2) is 28.4 Å². The average molecular weight is 512 g/mol. The number of halogens is 4. The molecule has 0 aliphatic heterocycles. The highest BCUT2D eigenvalue weighted by Crippen LogP contribution is 2.43. The van der Waals surface area contributed by atoms with Crippen LogP contribution in [0.1, 0.15) is 35.6 Å². The summed E-state index contributed by atoms with van der Waals surface area (Å²) in [4.78, 5) is 15.6. The van der Waals surface area contributed by atoms with Gasteiger partial charge < -0.3 is 10.6 Å². The molecule has 14 heteroatoms. The van der Waals surface area contributed by atoms with Gasteiger partial charge >= 0.3 is 6.18 Å². The Balaban J connectivity index is 1.45. The van der Waals surface area contributed by atoms with E-state index in [1.54, 1.807) is 0 Å². The third-order valence-electron chi connectivity index (χ3n) is 5.21. The predicted molar refractivity (Wildman–Crippen MR) is 120 cm³/mol. The standard InChI is InChI=1S/C21H21F4N7O2S/c1-35(33,34)32-20-27-9-12(10-28-20)8-26-18-16(22)19(30-11-29-18)31-17(13-2-3-13)14-4-6-15(7-5-14)21(23,24)25/h4-7,9-11,13,17H,2-3,8H2,1H3,(H,27,28,32)(H2,26,29,30,31). The predicted octanol–water partition coefficient (Wildman–Crippen LogP) is 3.97. The van der Waals surface area contributed by atoms with Crippen molar-refractivity contribution in [2.45, 2.75) is 31.6 Å². The van der Waals surface area contributed by atoms with E-state index in [1.807, 2.05) is 0 Å². The van der Waals surface area contributed by atoms with Crippen LogP contribution in [0.25, 0.3) is 0 Å². The number of hydrogen-bond acceptors (Lipinski definition) is 8. The van der Waals surface area contributed by atoms with Gasteiger partial charge in [0.2, 0.25) is 21.8 Å². The van der Waals surface area contributed by atoms with Crippen molar-refractivity contribution in [3.05, 3.63) is 65.5 Å². The fourth-order valence-electron chi connectivity index (χ4n) is 3.37.